The van der Waals surface area contributed by atoms with E-state index in [9.17, 15) is 32.3 Å². The maximum Gasteiger partial charge on any atom is 0.417 e. The van der Waals surface area contributed by atoms with Crippen molar-refractivity contribution >= 4 is 16.9 Å². The third kappa shape index (κ3) is 5.54. The van der Waals surface area contributed by atoms with Crippen LogP contribution < -0.4 is 11.0 Å². The number of imidazole rings is 1. The van der Waals surface area contributed by atoms with E-state index in [0.29, 0.717) is 31.2 Å². The molecule has 0 unspecified atom stereocenters. The number of β-amino-alcohol motifs (C(OH)–C–C–N with tert-alkyl or cyclic N) is 1. The minimum atomic E-state index is -4.57. The number of piperidine rings is 1. The van der Waals surface area contributed by atoms with Gasteiger partial charge < -0.3 is 15.4 Å². The first-order valence-corrected chi connectivity index (χ1v) is 11.0. The number of halogens is 4. The minimum Gasteiger partial charge on any atom is -0.389 e. The molecule has 2 aromatic heterocycles. The summed E-state index contributed by atoms with van der Waals surface area (Å²) in [6.45, 7) is 4.18. The maximum absolute atomic E-state index is 14.7. The van der Waals surface area contributed by atoms with Crippen molar-refractivity contribution in [2.24, 2.45) is 0 Å². The van der Waals surface area contributed by atoms with Gasteiger partial charge in [-0.05, 0) is 50.6 Å². The van der Waals surface area contributed by atoms with E-state index in [0.717, 1.165) is 16.7 Å². The number of aromatic nitrogens is 3. The summed E-state index contributed by atoms with van der Waals surface area (Å²) < 4.78 is 54.4. The molecular formula is C23H25F4N5O3. The van der Waals surface area contributed by atoms with Gasteiger partial charge in [-0.1, -0.05) is 0 Å². The van der Waals surface area contributed by atoms with Gasteiger partial charge in [0.05, 0.1) is 28.2 Å². The Morgan fingerprint density at radius 1 is 1.26 bits per heavy atom. The molecule has 1 fully saturated rings. The molecule has 1 aromatic carbocycles. The Labute approximate surface area is 197 Å². The molecule has 0 radical (unpaired) electrons. The molecule has 3 N–H and O–H groups in total. The number of alkyl halides is 4. The summed E-state index contributed by atoms with van der Waals surface area (Å²) in [5.41, 5.74) is -1.79. The topological polar surface area (TPSA) is 103 Å². The van der Waals surface area contributed by atoms with Crippen molar-refractivity contribution in [3.05, 3.63) is 58.1 Å². The third-order valence-corrected chi connectivity index (χ3v) is 5.80. The van der Waals surface area contributed by atoms with Gasteiger partial charge in [0.2, 0.25) is 0 Å². The molecular weight excluding hydrogens is 470 g/mol. The smallest absolute Gasteiger partial charge is 0.389 e. The molecule has 4 rings (SSSR count). The van der Waals surface area contributed by atoms with Crippen LogP contribution in [-0.2, 0) is 6.18 Å². The van der Waals surface area contributed by atoms with Crippen molar-refractivity contribution in [1.82, 2.24) is 24.8 Å². The quantitative estimate of drug-likeness (QED) is 0.473. The lowest BCUT2D eigenvalue weighted by Gasteiger charge is -2.37. The highest BCUT2D eigenvalue weighted by atomic mass is 19.4. The van der Waals surface area contributed by atoms with Gasteiger partial charge >= 0.3 is 11.9 Å². The Kier molecular flexibility index (Phi) is 6.45. The van der Waals surface area contributed by atoms with Crippen LogP contribution in [0.3, 0.4) is 0 Å². The lowest BCUT2D eigenvalue weighted by atomic mass is 10.00. The standard InChI is InChI=1S/C23H25F4N5O3/c1-22(2,35)12-31-8-7-16(15(24)11-31)29-20(33)13-3-5-17-18(9-13)32(21(34)30-17)19-6-4-14(10-28-19)23(25,26)27/h3-6,9-10,15-16,35H,7-8,11-12H2,1-2H3,(H,29,33)(H,30,34)/t15-,16+/m1/s1. The highest BCUT2D eigenvalue weighted by Gasteiger charge is 2.33. The molecule has 12 heteroatoms. The predicted molar refractivity (Wildman–Crippen MR) is 120 cm³/mol. The fourth-order valence-corrected chi connectivity index (χ4v) is 4.23. The van der Waals surface area contributed by atoms with E-state index in [4.69, 9.17) is 0 Å². The van der Waals surface area contributed by atoms with E-state index < -0.39 is 41.2 Å². The Morgan fingerprint density at radius 3 is 2.60 bits per heavy atom. The number of hydrogen-bond acceptors (Lipinski definition) is 5. The molecule has 1 aliphatic heterocycles. The van der Waals surface area contributed by atoms with Crippen LogP contribution in [0.25, 0.3) is 16.9 Å². The van der Waals surface area contributed by atoms with Gasteiger partial charge in [0.1, 0.15) is 12.0 Å². The number of amides is 1. The molecule has 1 saturated heterocycles. The number of H-pyrrole nitrogens is 1. The predicted octanol–water partition coefficient (Wildman–Crippen LogP) is 2.65. The number of nitrogens with one attached hydrogen (secondary N) is 2. The second-order valence-corrected chi connectivity index (χ2v) is 9.33. The summed E-state index contributed by atoms with van der Waals surface area (Å²) in [5.74, 6) is -0.592. The Bertz CT molecular complexity index is 1280. The van der Waals surface area contributed by atoms with Gasteiger partial charge in [-0.15, -0.1) is 0 Å². The molecule has 0 spiro atoms. The van der Waals surface area contributed by atoms with Crippen LogP contribution in [0.15, 0.2) is 41.3 Å². The van der Waals surface area contributed by atoms with Gasteiger partial charge in [0, 0.05) is 31.4 Å². The van der Waals surface area contributed by atoms with Crippen molar-refractivity contribution in [3.8, 4) is 5.82 Å². The fourth-order valence-electron chi connectivity index (χ4n) is 4.23. The summed E-state index contributed by atoms with van der Waals surface area (Å²) in [4.78, 5) is 33.5. The van der Waals surface area contributed by atoms with Crippen molar-refractivity contribution < 1.29 is 27.5 Å². The zero-order valence-corrected chi connectivity index (χ0v) is 19.1. The number of aromatic amines is 1. The van der Waals surface area contributed by atoms with Crippen LogP contribution >= 0.6 is 0 Å². The summed E-state index contributed by atoms with van der Waals surface area (Å²) in [7, 11) is 0. The summed E-state index contributed by atoms with van der Waals surface area (Å²) in [5, 5.41) is 12.6. The number of benzene rings is 1. The molecule has 8 nitrogen and oxygen atoms in total. The molecule has 1 aliphatic rings. The second-order valence-electron chi connectivity index (χ2n) is 9.33. The van der Waals surface area contributed by atoms with Gasteiger partial charge in [-0.2, -0.15) is 13.2 Å². The maximum atomic E-state index is 14.7. The number of carbonyl (C=O) groups is 1. The number of hydrogen-bond donors (Lipinski definition) is 3. The van der Waals surface area contributed by atoms with Gasteiger partial charge in [0.25, 0.3) is 5.91 Å². The van der Waals surface area contributed by atoms with E-state index in [1.165, 1.54) is 18.2 Å². The van der Waals surface area contributed by atoms with Crippen LogP contribution in [0.1, 0.15) is 36.2 Å². The van der Waals surface area contributed by atoms with E-state index in [1.54, 1.807) is 18.7 Å². The zero-order valence-electron chi connectivity index (χ0n) is 19.1. The average Bonchev–Trinajstić information content (AvgIpc) is 3.08. The van der Waals surface area contributed by atoms with Gasteiger partial charge in [0.15, 0.2) is 0 Å². The lowest BCUT2D eigenvalue weighted by Crippen LogP contribution is -2.54. The molecule has 1 amide bonds. The van der Waals surface area contributed by atoms with Gasteiger partial charge in [-0.25, -0.2) is 18.7 Å². The lowest BCUT2D eigenvalue weighted by molar-refractivity contribution is -0.137. The first kappa shape index (κ1) is 24.9. The molecule has 188 valence electrons. The van der Waals surface area contributed by atoms with Crippen molar-refractivity contribution in [1.29, 1.82) is 0 Å². The Morgan fingerprint density at radius 2 is 2.00 bits per heavy atom. The average molecular weight is 495 g/mol. The second kappa shape index (κ2) is 9.08. The SMILES string of the molecule is CC(C)(O)CN1CC[C@H](NC(=O)c2ccc3[nH]c(=O)n(-c4ccc(C(F)(F)F)cn4)c3c2)[C@H](F)C1. The number of nitrogens with zero attached hydrogens (tertiary/aromatic N) is 3. The van der Waals surface area contributed by atoms with E-state index >= 15 is 0 Å². The monoisotopic (exact) mass is 495 g/mol. The number of likely N-dealkylation sites (tertiary alicyclic amines) is 1. The van der Waals surface area contributed by atoms with Crippen LogP contribution in [0.2, 0.25) is 0 Å². The molecule has 3 heterocycles. The highest BCUT2D eigenvalue weighted by Crippen LogP contribution is 2.29. The molecule has 35 heavy (non-hydrogen) atoms. The highest BCUT2D eigenvalue weighted by molar-refractivity contribution is 5.97. The van der Waals surface area contributed by atoms with Crippen LogP contribution in [-0.4, -0.2) is 67.9 Å². The van der Waals surface area contributed by atoms with E-state index in [2.05, 4.69) is 15.3 Å². The first-order valence-electron chi connectivity index (χ1n) is 11.0. The summed E-state index contributed by atoms with van der Waals surface area (Å²) in [6.07, 6.45) is -4.92. The number of pyridine rings is 1. The summed E-state index contributed by atoms with van der Waals surface area (Å²) in [6, 6.07) is 5.52. The molecule has 0 saturated carbocycles. The molecule has 0 aliphatic carbocycles. The number of aliphatic hydroxyl groups is 1. The molecule has 0 bridgehead atoms. The van der Waals surface area contributed by atoms with Crippen LogP contribution in [0, 0.1) is 0 Å². The zero-order chi connectivity index (χ0) is 25.5. The minimum absolute atomic E-state index is 0.0465. The van der Waals surface area contributed by atoms with E-state index in [1.807, 2.05) is 0 Å². The number of carbonyl (C=O) groups excluding carboxylic acids is 1. The Balaban J connectivity index is 1.54. The van der Waals surface area contributed by atoms with Crippen LogP contribution in [0.4, 0.5) is 17.6 Å². The fraction of sp³-hybridized carbons (Fsp3) is 0.435. The molecule has 2 atom stereocenters. The van der Waals surface area contributed by atoms with E-state index in [-0.39, 0.29) is 23.4 Å². The molecule has 3 aromatic rings. The van der Waals surface area contributed by atoms with Crippen molar-refractivity contribution in [3.63, 3.8) is 0 Å². The third-order valence-electron chi connectivity index (χ3n) is 5.80. The number of fused-ring (bicyclic) bond motifs is 1. The van der Waals surface area contributed by atoms with Crippen LogP contribution in [0.5, 0.6) is 0 Å². The Hall–Kier alpha value is -3.25. The largest absolute Gasteiger partial charge is 0.417 e. The summed E-state index contributed by atoms with van der Waals surface area (Å²) >= 11 is 0. The first-order chi connectivity index (χ1) is 16.3. The van der Waals surface area contributed by atoms with Crippen molar-refractivity contribution in [2.75, 3.05) is 19.6 Å². The van der Waals surface area contributed by atoms with Crippen molar-refractivity contribution in [2.45, 2.75) is 44.3 Å². The number of rotatable bonds is 5. The van der Waals surface area contributed by atoms with Gasteiger partial charge in [-0.3, -0.25) is 9.69 Å². The normalized spacial score (nSPS) is 19.7.